The number of anilines is 1. The standard InChI is InChI=1S/C16H19N5O2/c1-2-23-16(22)21-9-7-13(8-10-21)18-20-15-14-6-4-3-5-12(14)11-17-19-15/h3-6,11H,2,7-10H2,1H3,(H,19,20). The number of hydrazone groups is 1. The summed E-state index contributed by atoms with van der Waals surface area (Å²) in [6.07, 6.45) is 2.93. The predicted octanol–water partition coefficient (Wildman–Crippen LogP) is 2.65. The van der Waals surface area contributed by atoms with Crippen LogP contribution >= 0.6 is 0 Å². The summed E-state index contributed by atoms with van der Waals surface area (Å²) in [6, 6.07) is 7.89. The Morgan fingerprint density at radius 1 is 1.35 bits per heavy atom. The molecule has 1 aliphatic rings. The van der Waals surface area contributed by atoms with E-state index in [1.165, 1.54) is 0 Å². The third-order valence-electron chi connectivity index (χ3n) is 3.76. The number of hydrogen-bond donors (Lipinski definition) is 1. The topological polar surface area (TPSA) is 79.7 Å². The van der Waals surface area contributed by atoms with E-state index in [1.807, 2.05) is 31.2 Å². The second-order valence-corrected chi connectivity index (χ2v) is 5.26. The molecule has 120 valence electrons. The maximum Gasteiger partial charge on any atom is 0.409 e. The molecule has 1 N–H and O–H groups in total. The summed E-state index contributed by atoms with van der Waals surface area (Å²) in [4.78, 5) is 13.4. The fraction of sp³-hybridized carbons (Fsp3) is 0.375. The van der Waals surface area contributed by atoms with E-state index in [1.54, 1.807) is 11.1 Å². The molecule has 0 saturated carbocycles. The average Bonchev–Trinajstić information content (AvgIpc) is 2.60. The first kappa shape index (κ1) is 15.2. The number of ether oxygens (including phenoxy) is 1. The number of nitrogens with zero attached hydrogens (tertiary/aromatic N) is 4. The van der Waals surface area contributed by atoms with Crippen molar-refractivity contribution in [1.82, 2.24) is 15.1 Å². The van der Waals surface area contributed by atoms with E-state index in [4.69, 9.17) is 4.74 Å². The lowest BCUT2D eigenvalue weighted by molar-refractivity contribution is 0.107. The molecule has 1 amide bonds. The molecular formula is C16H19N5O2. The van der Waals surface area contributed by atoms with E-state index in [0.29, 0.717) is 25.5 Å². The Bertz CT molecular complexity index is 716. The molecule has 0 bridgehead atoms. The Hall–Kier alpha value is -2.70. The number of likely N-dealkylation sites (tertiary alicyclic amines) is 1. The minimum Gasteiger partial charge on any atom is -0.450 e. The number of fused-ring (bicyclic) bond motifs is 1. The van der Waals surface area contributed by atoms with Crippen molar-refractivity contribution in [3.63, 3.8) is 0 Å². The summed E-state index contributed by atoms with van der Waals surface area (Å²) in [5.74, 6) is 0.642. The first-order chi connectivity index (χ1) is 11.3. The van der Waals surface area contributed by atoms with Crippen LogP contribution in [0, 0.1) is 0 Å². The van der Waals surface area contributed by atoms with Crippen LogP contribution < -0.4 is 5.43 Å². The number of carbonyl (C=O) groups is 1. The van der Waals surface area contributed by atoms with Crippen molar-refractivity contribution < 1.29 is 9.53 Å². The summed E-state index contributed by atoms with van der Waals surface area (Å²) in [7, 11) is 0. The van der Waals surface area contributed by atoms with Crippen LogP contribution in [0.3, 0.4) is 0 Å². The number of hydrogen-bond acceptors (Lipinski definition) is 6. The van der Waals surface area contributed by atoms with Gasteiger partial charge in [-0.2, -0.15) is 10.2 Å². The molecule has 3 rings (SSSR count). The second kappa shape index (κ2) is 7.04. The fourth-order valence-corrected chi connectivity index (χ4v) is 2.52. The quantitative estimate of drug-likeness (QED) is 0.881. The van der Waals surface area contributed by atoms with Crippen LogP contribution in [-0.2, 0) is 4.74 Å². The van der Waals surface area contributed by atoms with Crippen LogP contribution in [0.15, 0.2) is 35.6 Å². The number of benzene rings is 1. The van der Waals surface area contributed by atoms with Crippen molar-refractivity contribution in [3.05, 3.63) is 30.5 Å². The van der Waals surface area contributed by atoms with Gasteiger partial charge in [0, 0.05) is 42.4 Å². The minimum absolute atomic E-state index is 0.251. The number of aromatic nitrogens is 2. The first-order valence-electron chi connectivity index (χ1n) is 7.71. The third-order valence-corrected chi connectivity index (χ3v) is 3.76. The van der Waals surface area contributed by atoms with Gasteiger partial charge in [-0.15, -0.1) is 5.10 Å². The van der Waals surface area contributed by atoms with Crippen molar-refractivity contribution in [2.75, 3.05) is 25.1 Å². The molecule has 1 aromatic heterocycles. The summed E-state index contributed by atoms with van der Waals surface area (Å²) in [5.41, 5.74) is 4.02. The molecule has 0 atom stereocenters. The van der Waals surface area contributed by atoms with Crippen LogP contribution in [0.25, 0.3) is 10.8 Å². The lowest BCUT2D eigenvalue weighted by atomic mass is 10.1. The van der Waals surface area contributed by atoms with Gasteiger partial charge in [-0.25, -0.2) is 4.79 Å². The summed E-state index contributed by atoms with van der Waals surface area (Å²) >= 11 is 0. The van der Waals surface area contributed by atoms with Gasteiger partial charge in [-0.1, -0.05) is 24.3 Å². The summed E-state index contributed by atoms with van der Waals surface area (Å²) < 4.78 is 5.01. The number of amides is 1. The van der Waals surface area contributed by atoms with Gasteiger partial charge < -0.3 is 9.64 Å². The van der Waals surface area contributed by atoms with Crippen LogP contribution in [0.1, 0.15) is 19.8 Å². The van der Waals surface area contributed by atoms with Gasteiger partial charge in [0.1, 0.15) is 0 Å². The fourth-order valence-electron chi connectivity index (χ4n) is 2.52. The maximum atomic E-state index is 11.7. The Morgan fingerprint density at radius 3 is 2.91 bits per heavy atom. The van der Waals surface area contributed by atoms with Gasteiger partial charge in [-0.3, -0.25) is 5.43 Å². The van der Waals surface area contributed by atoms with E-state index < -0.39 is 0 Å². The lowest BCUT2D eigenvalue weighted by Gasteiger charge is -2.26. The smallest absolute Gasteiger partial charge is 0.409 e. The summed E-state index contributed by atoms with van der Waals surface area (Å²) in [6.45, 7) is 3.46. The van der Waals surface area contributed by atoms with Crippen LogP contribution in [-0.4, -0.2) is 46.6 Å². The molecule has 0 radical (unpaired) electrons. The van der Waals surface area contributed by atoms with Gasteiger partial charge in [0.05, 0.1) is 12.8 Å². The van der Waals surface area contributed by atoms with E-state index in [9.17, 15) is 4.79 Å². The maximum absolute atomic E-state index is 11.7. The average molecular weight is 313 g/mol. The van der Waals surface area contributed by atoms with Crippen LogP contribution in [0.2, 0.25) is 0 Å². The van der Waals surface area contributed by atoms with E-state index in [-0.39, 0.29) is 6.09 Å². The predicted molar refractivity (Wildman–Crippen MR) is 88.4 cm³/mol. The molecule has 0 aliphatic carbocycles. The Balaban J connectivity index is 1.64. The minimum atomic E-state index is -0.251. The van der Waals surface area contributed by atoms with Crippen molar-refractivity contribution in [3.8, 4) is 0 Å². The van der Waals surface area contributed by atoms with Crippen molar-refractivity contribution in [1.29, 1.82) is 0 Å². The molecule has 1 fully saturated rings. The van der Waals surface area contributed by atoms with Gasteiger partial charge >= 0.3 is 6.09 Å². The Labute approximate surface area is 134 Å². The van der Waals surface area contributed by atoms with Gasteiger partial charge in [0.25, 0.3) is 0 Å². The van der Waals surface area contributed by atoms with Crippen LogP contribution in [0.5, 0.6) is 0 Å². The molecule has 1 saturated heterocycles. The molecule has 2 heterocycles. The molecule has 0 unspecified atom stereocenters. The number of piperidine rings is 1. The van der Waals surface area contributed by atoms with Crippen molar-refractivity contribution in [2.45, 2.75) is 19.8 Å². The first-order valence-corrected chi connectivity index (χ1v) is 7.71. The Morgan fingerprint density at radius 2 is 2.13 bits per heavy atom. The number of carbonyl (C=O) groups excluding carboxylic acids is 1. The molecule has 7 heteroatoms. The van der Waals surface area contributed by atoms with Crippen LogP contribution in [0.4, 0.5) is 10.6 Å². The molecule has 2 aromatic rings. The lowest BCUT2D eigenvalue weighted by Crippen LogP contribution is -2.39. The van der Waals surface area contributed by atoms with Gasteiger partial charge in [0.2, 0.25) is 0 Å². The number of nitrogens with one attached hydrogen (secondary N) is 1. The molecule has 1 aliphatic heterocycles. The number of rotatable bonds is 3. The van der Waals surface area contributed by atoms with Gasteiger partial charge in [0.15, 0.2) is 5.82 Å². The SMILES string of the molecule is CCOC(=O)N1CCC(=NNc2nncc3ccccc23)CC1. The van der Waals surface area contributed by atoms with E-state index in [2.05, 4.69) is 20.7 Å². The highest BCUT2D eigenvalue weighted by Gasteiger charge is 2.20. The third kappa shape index (κ3) is 3.56. The van der Waals surface area contributed by atoms with Gasteiger partial charge in [-0.05, 0) is 6.92 Å². The largest absolute Gasteiger partial charge is 0.450 e. The highest BCUT2D eigenvalue weighted by Crippen LogP contribution is 2.19. The highest BCUT2D eigenvalue weighted by molar-refractivity contribution is 5.92. The zero-order chi connectivity index (χ0) is 16.1. The molecular weight excluding hydrogens is 294 g/mol. The molecule has 0 spiro atoms. The highest BCUT2D eigenvalue weighted by atomic mass is 16.6. The monoisotopic (exact) mass is 313 g/mol. The molecule has 1 aromatic carbocycles. The van der Waals surface area contributed by atoms with Crippen molar-refractivity contribution >= 4 is 28.4 Å². The van der Waals surface area contributed by atoms with E-state index in [0.717, 1.165) is 29.3 Å². The Kier molecular flexibility index (Phi) is 4.65. The normalized spacial score (nSPS) is 14.7. The molecule has 23 heavy (non-hydrogen) atoms. The van der Waals surface area contributed by atoms with Crippen molar-refractivity contribution in [2.24, 2.45) is 5.10 Å². The summed E-state index contributed by atoms with van der Waals surface area (Å²) in [5, 5.41) is 14.5. The van der Waals surface area contributed by atoms with E-state index >= 15 is 0 Å². The molecule has 7 nitrogen and oxygen atoms in total. The zero-order valence-corrected chi connectivity index (χ0v) is 13.0. The zero-order valence-electron chi connectivity index (χ0n) is 13.0. The second-order valence-electron chi connectivity index (χ2n) is 5.26.